The van der Waals surface area contributed by atoms with Crippen molar-refractivity contribution in [1.82, 2.24) is 9.36 Å². The number of aliphatic imine (C=N–C) groups is 1. The number of hydrogen-bond acceptors (Lipinski definition) is 5. The molecule has 33 heavy (non-hydrogen) atoms. The van der Waals surface area contributed by atoms with Crippen LogP contribution in [0.5, 0.6) is 5.75 Å². The summed E-state index contributed by atoms with van der Waals surface area (Å²) in [6.45, 7) is 1.82. The molecule has 0 aliphatic rings. The Labute approximate surface area is 199 Å². The van der Waals surface area contributed by atoms with E-state index in [0.717, 1.165) is 10.2 Å². The standard InChI is InChI=1S/C24H20BrN3O4S/c1-17-23(24(29)28(27(17)2)20-8-4-3-5-9-20)26-16-18-7-6-10-21(15-18)32-33(30,31)22-13-11-19(25)12-14-22/h3-16H,1-2H3. The van der Waals surface area contributed by atoms with E-state index < -0.39 is 10.1 Å². The number of aromatic nitrogens is 2. The molecule has 1 aromatic heterocycles. The van der Waals surface area contributed by atoms with Crippen LogP contribution >= 0.6 is 15.9 Å². The van der Waals surface area contributed by atoms with Crippen molar-refractivity contribution in [3.05, 3.63) is 105 Å². The summed E-state index contributed by atoms with van der Waals surface area (Å²) in [6, 6.07) is 22.0. The lowest BCUT2D eigenvalue weighted by Gasteiger charge is -2.07. The second-order valence-electron chi connectivity index (χ2n) is 7.23. The third kappa shape index (κ3) is 4.84. The van der Waals surface area contributed by atoms with Gasteiger partial charge in [-0.15, -0.1) is 0 Å². The summed E-state index contributed by atoms with van der Waals surface area (Å²) in [5.74, 6) is 0.147. The molecule has 0 saturated carbocycles. The summed E-state index contributed by atoms with van der Waals surface area (Å²) in [5, 5.41) is 0. The summed E-state index contributed by atoms with van der Waals surface area (Å²) >= 11 is 3.28. The Hall–Kier alpha value is -3.43. The monoisotopic (exact) mass is 525 g/mol. The second kappa shape index (κ2) is 9.21. The summed E-state index contributed by atoms with van der Waals surface area (Å²) in [6.07, 6.45) is 1.51. The molecule has 0 saturated heterocycles. The highest BCUT2D eigenvalue weighted by Crippen LogP contribution is 2.22. The van der Waals surface area contributed by atoms with E-state index in [0.29, 0.717) is 16.9 Å². The van der Waals surface area contributed by atoms with Gasteiger partial charge in [-0.1, -0.05) is 46.3 Å². The number of halogens is 1. The predicted molar refractivity (Wildman–Crippen MR) is 131 cm³/mol. The van der Waals surface area contributed by atoms with Gasteiger partial charge in [-0.25, -0.2) is 9.67 Å². The van der Waals surface area contributed by atoms with Gasteiger partial charge in [0.05, 0.1) is 11.4 Å². The summed E-state index contributed by atoms with van der Waals surface area (Å²) in [4.78, 5) is 17.4. The Morgan fingerprint density at radius 1 is 0.970 bits per heavy atom. The van der Waals surface area contributed by atoms with Crippen LogP contribution < -0.4 is 9.74 Å². The van der Waals surface area contributed by atoms with Crippen LogP contribution in [0.15, 0.2) is 98.0 Å². The largest absolute Gasteiger partial charge is 0.379 e. The molecule has 4 rings (SSSR count). The number of para-hydroxylation sites is 1. The van der Waals surface area contributed by atoms with Gasteiger partial charge in [-0.2, -0.15) is 8.42 Å². The van der Waals surface area contributed by atoms with Gasteiger partial charge in [0, 0.05) is 17.7 Å². The number of hydrogen-bond donors (Lipinski definition) is 0. The van der Waals surface area contributed by atoms with Crippen molar-refractivity contribution in [1.29, 1.82) is 0 Å². The highest BCUT2D eigenvalue weighted by molar-refractivity contribution is 9.10. The Morgan fingerprint density at radius 3 is 2.36 bits per heavy atom. The molecule has 0 N–H and O–H groups in total. The molecule has 0 radical (unpaired) electrons. The maximum absolute atomic E-state index is 13.0. The second-order valence-corrected chi connectivity index (χ2v) is 9.69. The van der Waals surface area contributed by atoms with E-state index in [-0.39, 0.29) is 16.2 Å². The van der Waals surface area contributed by atoms with Gasteiger partial charge in [0.25, 0.3) is 5.56 Å². The molecule has 0 aliphatic carbocycles. The first-order valence-corrected chi connectivity index (χ1v) is 12.1. The van der Waals surface area contributed by atoms with Gasteiger partial charge in [0.1, 0.15) is 10.6 Å². The van der Waals surface area contributed by atoms with Crippen molar-refractivity contribution < 1.29 is 12.6 Å². The topological polar surface area (TPSA) is 82.7 Å². The van der Waals surface area contributed by atoms with Crippen LogP contribution in [-0.4, -0.2) is 24.0 Å². The van der Waals surface area contributed by atoms with Gasteiger partial charge < -0.3 is 4.18 Å². The van der Waals surface area contributed by atoms with Gasteiger partial charge in [-0.05, 0) is 61.0 Å². The van der Waals surface area contributed by atoms with Gasteiger partial charge >= 0.3 is 10.1 Å². The molecule has 9 heteroatoms. The zero-order chi connectivity index (χ0) is 23.6. The fourth-order valence-electron chi connectivity index (χ4n) is 3.26. The first-order valence-electron chi connectivity index (χ1n) is 9.94. The maximum atomic E-state index is 13.0. The lowest BCUT2D eigenvalue weighted by molar-refractivity contribution is 0.486. The van der Waals surface area contributed by atoms with E-state index in [1.54, 1.807) is 52.8 Å². The molecule has 0 bridgehead atoms. The third-order valence-corrected chi connectivity index (χ3v) is 6.82. The fraction of sp³-hybridized carbons (Fsp3) is 0.0833. The van der Waals surface area contributed by atoms with E-state index in [4.69, 9.17) is 4.18 Å². The van der Waals surface area contributed by atoms with Crippen LogP contribution in [0.4, 0.5) is 5.69 Å². The van der Waals surface area contributed by atoms with E-state index in [9.17, 15) is 13.2 Å². The zero-order valence-corrected chi connectivity index (χ0v) is 20.2. The molecular weight excluding hydrogens is 506 g/mol. The molecule has 0 aliphatic heterocycles. The molecule has 4 aromatic rings. The number of benzene rings is 3. The lowest BCUT2D eigenvalue weighted by atomic mass is 10.2. The van der Waals surface area contributed by atoms with Crippen LogP contribution in [0.1, 0.15) is 11.3 Å². The molecule has 0 fully saturated rings. The van der Waals surface area contributed by atoms with Crippen molar-refractivity contribution in [3.8, 4) is 11.4 Å². The minimum atomic E-state index is -3.98. The first-order chi connectivity index (χ1) is 15.8. The SMILES string of the molecule is Cc1c(N=Cc2cccc(OS(=O)(=O)c3ccc(Br)cc3)c2)c(=O)n(-c2ccccc2)n1C. The predicted octanol–water partition coefficient (Wildman–Crippen LogP) is 4.77. The molecule has 3 aromatic carbocycles. The van der Waals surface area contributed by atoms with E-state index in [1.807, 2.05) is 37.3 Å². The first kappa shape index (κ1) is 22.8. The minimum absolute atomic E-state index is 0.0474. The van der Waals surface area contributed by atoms with Crippen LogP contribution in [0, 0.1) is 6.92 Å². The third-order valence-electron chi connectivity index (χ3n) is 5.03. The molecule has 168 valence electrons. The maximum Gasteiger partial charge on any atom is 0.339 e. The summed E-state index contributed by atoms with van der Waals surface area (Å²) in [7, 11) is -2.19. The van der Waals surface area contributed by atoms with Crippen LogP contribution in [0.25, 0.3) is 5.69 Å². The highest BCUT2D eigenvalue weighted by Gasteiger charge is 2.17. The highest BCUT2D eigenvalue weighted by atomic mass is 79.9. The Morgan fingerprint density at radius 2 is 1.67 bits per heavy atom. The van der Waals surface area contributed by atoms with Crippen molar-refractivity contribution >= 4 is 38.0 Å². The van der Waals surface area contributed by atoms with Crippen LogP contribution in [0.2, 0.25) is 0 Å². The zero-order valence-electron chi connectivity index (χ0n) is 17.8. The molecule has 7 nitrogen and oxygen atoms in total. The molecular formula is C24H20BrN3O4S. The number of rotatable bonds is 6. The van der Waals surface area contributed by atoms with Gasteiger partial charge in [-0.3, -0.25) is 9.48 Å². The van der Waals surface area contributed by atoms with Gasteiger partial charge in [0.2, 0.25) is 0 Å². The Balaban J connectivity index is 1.61. The minimum Gasteiger partial charge on any atom is -0.379 e. The number of nitrogens with zero attached hydrogens (tertiary/aromatic N) is 3. The molecule has 0 unspecified atom stereocenters. The lowest BCUT2D eigenvalue weighted by Crippen LogP contribution is -2.19. The smallest absolute Gasteiger partial charge is 0.339 e. The van der Waals surface area contributed by atoms with Crippen molar-refractivity contribution in [2.24, 2.45) is 12.0 Å². The molecule has 1 heterocycles. The summed E-state index contributed by atoms with van der Waals surface area (Å²) < 4.78 is 34.4. The van der Waals surface area contributed by atoms with Crippen molar-refractivity contribution in [2.75, 3.05) is 0 Å². The van der Waals surface area contributed by atoms with Gasteiger partial charge in [0.15, 0.2) is 5.69 Å². The fourth-order valence-corrected chi connectivity index (χ4v) is 4.45. The molecule has 0 amide bonds. The van der Waals surface area contributed by atoms with Crippen molar-refractivity contribution in [3.63, 3.8) is 0 Å². The van der Waals surface area contributed by atoms with E-state index in [2.05, 4.69) is 20.9 Å². The van der Waals surface area contributed by atoms with E-state index in [1.165, 1.54) is 18.3 Å². The van der Waals surface area contributed by atoms with Crippen LogP contribution in [-0.2, 0) is 17.2 Å². The molecule has 0 spiro atoms. The van der Waals surface area contributed by atoms with Crippen molar-refractivity contribution in [2.45, 2.75) is 11.8 Å². The average molecular weight is 526 g/mol. The van der Waals surface area contributed by atoms with Crippen LogP contribution in [0.3, 0.4) is 0 Å². The molecule has 0 atom stereocenters. The average Bonchev–Trinajstić information content (AvgIpc) is 3.01. The summed E-state index contributed by atoms with van der Waals surface area (Å²) in [5.41, 5.74) is 2.08. The Bertz CT molecular complexity index is 1490. The quantitative estimate of drug-likeness (QED) is 0.268. The van der Waals surface area contributed by atoms with E-state index >= 15 is 0 Å². The Kier molecular flexibility index (Phi) is 6.35. The normalized spacial score (nSPS) is 11.7.